The fourth-order valence-electron chi connectivity index (χ4n) is 4.68. The molecule has 2 bridgehead atoms. The topological polar surface area (TPSA) is 55.8 Å². The van der Waals surface area contributed by atoms with Crippen LogP contribution in [0.2, 0.25) is 0 Å². The Hall–Kier alpha value is -1.31. The molecule has 2 aliphatic rings. The molecule has 0 aromatic heterocycles. The monoisotopic (exact) mass is 497 g/mol. The first kappa shape index (κ1) is 21.4. The van der Waals surface area contributed by atoms with Crippen molar-refractivity contribution in [2.45, 2.75) is 77.0 Å². The van der Waals surface area contributed by atoms with E-state index in [1.165, 1.54) is 16.2 Å². The van der Waals surface area contributed by atoms with Gasteiger partial charge in [-0.05, 0) is 86.2 Å². The van der Waals surface area contributed by atoms with E-state index in [4.69, 9.17) is 9.47 Å². The molecule has 154 valence electrons. The minimum atomic E-state index is -0.555. The maximum absolute atomic E-state index is 12.9. The molecule has 1 aromatic rings. The Morgan fingerprint density at radius 2 is 1.96 bits per heavy atom. The molecule has 28 heavy (non-hydrogen) atoms. The summed E-state index contributed by atoms with van der Waals surface area (Å²) in [5.41, 5.74) is 1.92. The Balaban J connectivity index is 1.94. The molecule has 0 unspecified atom stereocenters. The second-order valence-electron chi connectivity index (χ2n) is 8.78. The van der Waals surface area contributed by atoms with Crippen molar-refractivity contribution in [2.24, 2.45) is 5.92 Å². The van der Waals surface area contributed by atoms with E-state index in [0.717, 1.165) is 31.2 Å². The van der Waals surface area contributed by atoms with Crippen LogP contribution in [-0.2, 0) is 20.7 Å². The van der Waals surface area contributed by atoms with Crippen molar-refractivity contribution in [3.8, 4) is 0 Å². The van der Waals surface area contributed by atoms with Crippen molar-refractivity contribution < 1.29 is 19.1 Å². The summed E-state index contributed by atoms with van der Waals surface area (Å²) >= 11 is 2.37. The van der Waals surface area contributed by atoms with Crippen LogP contribution in [0.5, 0.6) is 0 Å². The summed E-state index contributed by atoms with van der Waals surface area (Å²) in [6, 6.07) is 6.43. The molecule has 2 aliphatic heterocycles. The summed E-state index contributed by atoms with van der Waals surface area (Å²) < 4.78 is 12.0. The molecule has 1 amide bonds. The zero-order valence-corrected chi connectivity index (χ0v) is 19.5. The number of hydrogen-bond acceptors (Lipinski definition) is 4. The summed E-state index contributed by atoms with van der Waals surface area (Å²) in [5, 5.41) is 0. The first-order valence-corrected chi connectivity index (χ1v) is 11.1. The Morgan fingerprint density at radius 3 is 2.54 bits per heavy atom. The van der Waals surface area contributed by atoms with Crippen LogP contribution < -0.4 is 0 Å². The predicted octanol–water partition coefficient (Wildman–Crippen LogP) is 4.90. The molecule has 0 aliphatic carbocycles. The second kappa shape index (κ2) is 8.20. The number of halogens is 1. The van der Waals surface area contributed by atoms with Gasteiger partial charge in [-0.1, -0.05) is 19.1 Å². The highest BCUT2D eigenvalue weighted by Crippen LogP contribution is 2.48. The number of rotatable bonds is 3. The molecular formula is C22H30INO4. The molecular weight excluding hydrogens is 467 g/mol. The number of benzene rings is 1. The number of piperidine rings is 1. The van der Waals surface area contributed by atoms with Crippen LogP contribution in [0.3, 0.4) is 0 Å². The summed E-state index contributed by atoms with van der Waals surface area (Å²) in [4.78, 5) is 27.5. The van der Waals surface area contributed by atoms with Crippen LogP contribution in [0.25, 0.3) is 0 Å². The van der Waals surface area contributed by atoms with Gasteiger partial charge in [0.15, 0.2) is 0 Å². The molecule has 0 N–H and O–H groups in total. The lowest BCUT2D eigenvalue weighted by Gasteiger charge is -2.43. The first-order valence-electron chi connectivity index (χ1n) is 10.0. The van der Waals surface area contributed by atoms with E-state index in [0.29, 0.717) is 0 Å². The Bertz CT molecular complexity index is 757. The number of nitrogens with zero attached hydrogens (tertiary/aromatic N) is 1. The number of hydrogen-bond donors (Lipinski definition) is 0. The van der Waals surface area contributed by atoms with Gasteiger partial charge < -0.3 is 14.4 Å². The summed E-state index contributed by atoms with van der Waals surface area (Å²) in [6.07, 6.45) is 3.14. The van der Waals surface area contributed by atoms with Crippen LogP contribution in [-0.4, -0.2) is 41.8 Å². The summed E-state index contributed by atoms with van der Waals surface area (Å²) in [5.74, 6) is -0.541. The number of amides is 1. The number of carbonyl (C=O) groups is 2. The maximum Gasteiger partial charge on any atom is 0.410 e. The molecule has 0 radical (unpaired) electrons. The van der Waals surface area contributed by atoms with Gasteiger partial charge in [-0.15, -0.1) is 0 Å². The lowest BCUT2D eigenvalue weighted by molar-refractivity contribution is -0.150. The number of ether oxygens (including phenoxy) is 2. The standard InChI is InChI=1S/C22H30INO4/c1-6-13-7-8-14(11-17(13)23)16-12-15-9-10-18(19(16)20(25)27-5)24(15)21(26)28-22(2,3)4/h7-8,11,15-16,18-19H,6,9-10,12H2,1-5H3/t15-,16+,18+,19-/m0/s1/i23-2. The molecule has 2 fully saturated rings. The van der Waals surface area contributed by atoms with Crippen LogP contribution in [0, 0.1) is 9.49 Å². The van der Waals surface area contributed by atoms with E-state index >= 15 is 0 Å². The Labute approximate surface area is 181 Å². The van der Waals surface area contributed by atoms with Crippen molar-refractivity contribution in [2.75, 3.05) is 7.11 Å². The van der Waals surface area contributed by atoms with Gasteiger partial charge in [-0.3, -0.25) is 4.79 Å². The molecule has 6 heteroatoms. The first-order chi connectivity index (χ1) is 13.2. The zero-order chi connectivity index (χ0) is 20.6. The van der Waals surface area contributed by atoms with E-state index < -0.39 is 5.60 Å². The van der Waals surface area contributed by atoms with E-state index in [1.807, 2.05) is 25.7 Å². The lowest BCUT2D eigenvalue weighted by atomic mass is 9.76. The second-order valence-corrected chi connectivity index (χ2v) is 9.94. The number of carbonyl (C=O) groups excluding carboxylic acids is 2. The van der Waals surface area contributed by atoms with Crippen LogP contribution in [0.4, 0.5) is 4.79 Å². The van der Waals surface area contributed by atoms with Gasteiger partial charge in [0, 0.05) is 21.6 Å². The summed E-state index contributed by atoms with van der Waals surface area (Å²) in [7, 11) is 1.43. The van der Waals surface area contributed by atoms with E-state index in [1.54, 1.807) is 0 Å². The quantitative estimate of drug-likeness (QED) is 0.441. The van der Waals surface area contributed by atoms with Crippen molar-refractivity contribution in [3.05, 3.63) is 32.9 Å². The van der Waals surface area contributed by atoms with Crippen LogP contribution in [0.1, 0.15) is 64.0 Å². The Morgan fingerprint density at radius 1 is 1.25 bits per heavy atom. The smallest absolute Gasteiger partial charge is 0.410 e. The van der Waals surface area contributed by atoms with Gasteiger partial charge in [0.1, 0.15) is 5.60 Å². The van der Waals surface area contributed by atoms with Gasteiger partial charge in [0.05, 0.1) is 13.0 Å². The number of fused-ring (bicyclic) bond motifs is 2. The van der Waals surface area contributed by atoms with Gasteiger partial charge in [-0.25, -0.2) is 4.79 Å². The molecule has 4 atom stereocenters. The van der Waals surface area contributed by atoms with Crippen molar-refractivity contribution in [1.29, 1.82) is 0 Å². The third-order valence-electron chi connectivity index (χ3n) is 5.88. The maximum atomic E-state index is 12.9. The number of aryl methyl sites for hydroxylation is 1. The highest BCUT2D eigenvalue weighted by molar-refractivity contribution is 14.1. The fourth-order valence-corrected chi connectivity index (χ4v) is 5.61. The Kier molecular flexibility index (Phi) is 6.27. The van der Waals surface area contributed by atoms with Crippen molar-refractivity contribution >= 4 is 34.7 Å². The summed E-state index contributed by atoms with van der Waals surface area (Å²) in [6.45, 7) is 7.76. The normalized spacial score (nSPS) is 26.9. The van der Waals surface area contributed by atoms with Crippen molar-refractivity contribution in [3.63, 3.8) is 0 Å². The average Bonchev–Trinajstić information content (AvgIpc) is 2.93. The molecule has 2 heterocycles. The fraction of sp³-hybridized carbons (Fsp3) is 0.636. The van der Waals surface area contributed by atoms with E-state index in [-0.39, 0.29) is 36.0 Å². The zero-order valence-electron chi connectivity index (χ0n) is 17.3. The average molecular weight is 497 g/mol. The molecule has 3 rings (SSSR count). The molecule has 5 nitrogen and oxygen atoms in total. The highest BCUT2D eigenvalue weighted by atomic mass is 125. The van der Waals surface area contributed by atoms with Gasteiger partial charge in [0.2, 0.25) is 0 Å². The van der Waals surface area contributed by atoms with Gasteiger partial charge in [-0.2, -0.15) is 0 Å². The molecule has 0 saturated carbocycles. The van der Waals surface area contributed by atoms with E-state index in [2.05, 4.69) is 47.7 Å². The third-order valence-corrected chi connectivity index (χ3v) is 6.89. The lowest BCUT2D eigenvalue weighted by Crippen LogP contribution is -2.54. The molecule has 0 spiro atoms. The highest BCUT2D eigenvalue weighted by Gasteiger charge is 2.53. The number of methoxy groups -OCH3 is 1. The largest absolute Gasteiger partial charge is 0.469 e. The number of esters is 1. The minimum absolute atomic E-state index is 0.0584. The van der Waals surface area contributed by atoms with Crippen LogP contribution >= 0.6 is 22.6 Å². The SMILES string of the molecule is CCc1ccc([C@H]2C[C@@H]3CC[C@H]([C@H]2C(=O)OC)N3C(=O)OC(C)(C)C)cc1[125I]. The van der Waals surface area contributed by atoms with E-state index in [9.17, 15) is 9.59 Å². The minimum Gasteiger partial charge on any atom is -0.469 e. The molecule has 1 aromatic carbocycles. The predicted molar refractivity (Wildman–Crippen MR) is 116 cm³/mol. The van der Waals surface area contributed by atoms with Gasteiger partial charge in [0.25, 0.3) is 0 Å². The van der Waals surface area contributed by atoms with Crippen LogP contribution in [0.15, 0.2) is 18.2 Å². The van der Waals surface area contributed by atoms with Crippen molar-refractivity contribution in [1.82, 2.24) is 4.90 Å². The van der Waals surface area contributed by atoms with Gasteiger partial charge >= 0.3 is 12.1 Å². The third kappa shape index (κ3) is 4.16. The molecule has 2 saturated heterocycles.